The molecule has 0 atom stereocenters. The fraction of sp³-hybridized carbons (Fsp3) is 0.417. The predicted octanol–water partition coefficient (Wildman–Crippen LogP) is 3.54. The molecule has 0 spiro atoms. The maximum Gasteiger partial charge on any atom is 0.330 e. The number of hydrogen-bond donors (Lipinski definition) is 1. The van der Waals surface area contributed by atoms with E-state index in [1.54, 1.807) is 27.5 Å². The maximum absolute atomic E-state index is 10.2. The molecule has 0 unspecified atom stereocenters. The molecule has 0 saturated carbocycles. The van der Waals surface area contributed by atoms with Crippen LogP contribution >= 0.6 is 0 Å². The summed E-state index contributed by atoms with van der Waals surface area (Å²) in [5, 5.41) is 10.2. The number of aromatic nitrogens is 4. The van der Waals surface area contributed by atoms with Crippen molar-refractivity contribution in [2.75, 3.05) is 0 Å². The Bertz CT molecular complexity index is 991. The van der Waals surface area contributed by atoms with Crippen LogP contribution < -0.4 is 5.46 Å². The van der Waals surface area contributed by atoms with Gasteiger partial charge in [-0.25, -0.2) is 15.0 Å². The smallest absolute Gasteiger partial charge is 0.330 e. The summed E-state index contributed by atoms with van der Waals surface area (Å²) in [6, 6.07) is 11.9. The molecule has 31 heavy (non-hydrogen) atoms. The molecule has 3 rings (SSSR count). The third kappa shape index (κ3) is 5.54. The number of aryl methyl sites for hydroxylation is 2. The van der Waals surface area contributed by atoms with Gasteiger partial charge in [0, 0.05) is 30.2 Å². The Morgan fingerprint density at radius 3 is 1.90 bits per heavy atom. The second-order valence-corrected chi connectivity index (χ2v) is 8.56. The van der Waals surface area contributed by atoms with Crippen LogP contribution in [0.2, 0.25) is 0 Å². The summed E-state index contributed by atoms with van der Waals surface area (Å²) in [5.41, 5.74) is 2.01. The van der Waals surface area contributed by atoms with Crippen molar-refractivity contribution in [3.05, 3.63) is 54.2 Å². The summed E-state index contributed by atoms with van der Waals surface area (Å²) in [6.07, 6.45) is 3.35. The van der Waals surface area contributed by atoms with E-state index in [2.05, 4.69) is 19.9 Å². The van der Waals surface area contributed by atoms with E-state index < -0.39 is 11.2 Å². The molecule has 0 amide bonds. The minimum atomic E-state index is -0.955. The molecule has 0 aliphatic heterocycles. The van der Waals surface area contributed by atoms with E-state index >= 15 is 0 Å². The fourth-order valence-corrected chi connectivity index (χ4v) is 2.70. The Hall–Kier alpha value is -2.64. The minimum absolute atomic E-state index is 0.666. The SMILES string of the molecule is CCc1nc(CC)nc(-c2ccc(-c3ccc([B]OC(C)(C)C(C)(C)O)cc3)nc2)n1. The van der Waals surface area contributed by atoms with Crippen molar-refractivity contribution < 1.29 is 9.76 Å². The second-order valence-electron chi connectivity index (χ2n) is 8.56. The average molecular weight is 417 g/mol. The standard InChI is InChI=1S/C24H30BN4O2/c1-7-20-27-21(8-2)29-22(28-20)17-11-14-19(26-15-17)16-9-12-18(13-10-16)25-31-24(5,6)23(3,4)30/h9-15,30H,7-8H2,1-6H3. The first kappa shape index (κ1) is 23.0. The van der Waals surface area contributed by atoms with E-state index in [1.165, 1.54) is 0 Å². The van der Waals surface area contributed by atoms with Crippen LogP contribution in [0, 0.1) is 0 Å². The Morgan fingerprint density at radius 2 is 1.42 bits per heavy atom. The molecule has 7 heteroatoms. The van der Waals surface area contributed by atoms with E-state index in [9.17, 15) is 5.11 Å². The molecule has 1 N–H and O–H groups in total. The number of nitrogens with zero attached hydrogens (tertiary/aromatic N) is 4. The summed E-state index contributed by atoms with van der Waals surface area (Å²) in [4.78, 5) is 18.1. The molecule has 2 heterocycles. The zero-order chi connectivity index (χ0) is 22.6. The van der Waals surface area contributed by atoms with Crippen molar-refractivity contribution in [3.63, 3.8) is 0 Å². The van der Waals surface area contributed by atoms with Gasteiger partial charge in [-0.2, -0.15) is 0 Å². The van der Waals surface area contributed by atoms with Crippen molar-refractivity contribution in [2.45, 2.75) is 65.6 Å². The van der Waals surface area contributed by atoms with E-state index in [1.807, 2.05) is 64.1 Å². The molecule has 6 nitrogen and oxygen atoms in total. The monoisotopic (exact) mass is 417 g/mol. The maximum atomic E-state index is 10.2. The summed E-state index contributed by atoms with van der Waals surface area (Å²) < 4.78 is 5.82. The van der Waals surface area contributed by atoms with Crippen LogP contribution in [0.5, 0.6) is 0 Å². The normalized spacial score (nSPS) is 12.1. The summed E-state index contributed by atoms with van der Waals surface area (Å²) in [7, 11) is 1.68. The van der Waals surface area contributed by atoms with E-state index in [4.69, 9.17) is 4.65 Å². The largest absolute Gasteiger partial charge is 0.427 e. The van der Waals surface area contributed by atoms with Crippen molar-refractivity contribution in [3.8, 4) is 22.6 Å². The minimum Gasteiger partial charge on any atom is -0.427 e. The highest BCUT2D eigenvalue weighted by Gasteiger charge is 2.35. The van der Waals surface area contributed by atoms with Gasteiger partial charge in [0.25, 0.3) is 0 Å². The van der Waals surface area contributed by atoms with Crippen LogP contribution in [0.15, 0.2) is 42.6 Å². The Balaban J connectivity index is 1.73. The van der Waals surface area contributed by atoms with Crippen molar-refractivity contribution in [1.82, 2.24) is 19.9 Å². The fourth-order valence-electron chi connectivity index (χ4n) is 2.70. The molecule has 3 aromatic rings. The molecular formula is C24H30BN4O2. The van der Waals surface area contributed by atoms with Gasteiger partial charge in [0.2, 0.25) is 0 Å². The van der Waals surface area contributed by atoms with Gasteiger partial charge in [-0.05, 0) is 39.8 Å². The molecular weight excluding hydrogens is 387 g/mol. The van der Waals surface area contributed by atoms with Gasteiger partial charge >= 0.3 is 7.48 Å². The van der Waals surface area contributed by atoms with Gasteiger partial charge in [-0.15, -0.1) is 0 Å². The lowest BCUT2D eigenvalue weighted by Gasteiger charge is -2.37. The summed E-state index contributed by atoms with van der Waals surface area (Å²) >= 11 is 0. The number of pyridine rings is 1. The van der Waals surface area contributed by atoms with Crippen LogP contribution in [-0.4, -0.2) is 43.7 Å². The summed E-state index contributed by atoms with van der Waals surface area (Å²) in [6.45, 7) is 11.3. The third-order valence-corrected chi connectivity index (χ3v) is 5.55. The highest BCUT2D eigenvalue weighted by Crippen LogP contribution is 2.24. The van der Waals surface area contributed by atoms with Crippen LogP contribution in [-0.2, 0) is 17.5 Å². The molecule has 2 aromatic heterocycles. The highest BCUT2D eigenvalue weighted by atomic mass is 16.5. The quantitative estimate of drug-likeness (QED) is 0.565. The van der Waals surface area contributed by atoms with Gasteiger partial charge in [-0.1, -0.05) is 43.6 Å². The number of aliphatic hydroxyl groups is 1. The Morgan fingerprint density at radius 1 is 0.839 bits per heavy atom. The first-order chi connectivity index (χ1) is 14.6. The lowest BCUT2D eigenvalue weighted by atomic mass is 9.82. The van der Waals surface area contributed by atoms with Gasteiger partial charge in [0.05, 0.1) is 16.9 Å². The number of rotatable bonds is 8. The molecule has 0 saturated heterocycles. The zero-order valence-corrected chi connectivity index (χ0v) is 19.2. The molecule has 161 valence electrons. The molecule has 0 bridgehead atoms. The van der Waals surface area contributed by atoms with Crippen molar-refractivity contribution >= 4 is 12.9 Å². The first-order valence-corrected chi connectivity index (χ1v) is 10.7. The molecule has 0 fully saturated rings. The van der Waals surface area contributed by atoms with E-state index in [0.717, 1.165) is 46.8 Å². The van der Waals surface area contributed by atoms with Crippen LogP contribution in [0.3, 0.4) is 0 Å². The molecule has 1 radical (unpaired) electrons. The van der Waals surface area contributed by atoms with Crippen molar-refractivity contribution in [1.29, 1.82) is 0 Å². The molecule has 1 aromatic carbocycles. The summed E-state index contributed by atoms with van der Waals surface area (Å²) in [5.74, 6) is 2.26. The molecule has 0 aliphatic carbocycles. The first-order valence-electron chi connectivity index (χ1n) is 10.7. The van der Waals surface area contributed by atoms with E-state index in [-0.39, 0.29) is 0 Å². The topological polar surface area (TPSA) is 81.0 Å². The lowest BCUT2D eigenvalue weighted by molar-refractivity contribution is -0.0893. The zero-order valence-electron chi connectivity index (χ0n) is 19.2. The van der Waals surface area contributed by atoms with Gasteiger partial charge < -0.3 is 9.76 Å². The lowest BCUT2D eigenvalue weighted by Crippen LogP contribution is -2.49. The predicted molar refractivity (Wildman–Crippen MR) is 124 cm³/mol. The molecule has 0 aliphatic rings. The van der Waals surface area contributed by atoms with Crippen molar-refractivity contribution in [2.24, 2.45) is 0 Å². The van der Waals surface area contributed by atoms with Crippen LogP contribution in [0.4, 0.5) is 0 Å². The number of benzene rings is 1. The van der Waals surface area contributed by atoms with Crippen LogP contribution in [0.25, 0.3) is 22.6 Å². The van der Waals surface area contributed by atoms with Gasteiger partial charge in [-0.3, -0.25) is 4.98 Å². The Labute approximate surface area is 185 Å². The number of hydrogen-bond acceptors (Lipinski definition) is 6. The Kier molecular flexibility index (Phi) is 6.87. The average Bonchev–Trinajstić information content (AvgIpc) is 2.77. The highest BCUT2D eigenvalue weighted by molar-refractivity contribution is 6.47. The van der Waals surface area contributed by atoms with Gasteiger partial charge in [0.15, 0.2) is 5.82 Å². The third-order valence-electron chi connectivity index (χ3n) is 5.55. The van der Waals surface area contributed by atoms with Gasteiger partial charge in [0.1, 0.15) is 11.6 Å². The second kappa shape index (κ2) is 9.24. The van der Waals surface area contributed by atoms with Crippen LogP contribution in [0.1, 0.15) is 53.2 Å². The van der Waals surface area contributed by atoms with E-state index in [0.29, 0.717) is 5.82 Å².